The van der Waals surface area contributed by atoms with E-state index < -0.39 is 23.2 Å². The van der Waals surface area contributed by atoms with Crippen LogP contribution in [0.2, 0.25) is 0 Å². The quantitative estimate of drug-likeness (QED) is 0.293. The summed E-state index contributed by atoms with van der Waals surface area (Å²) in [5.41, 5.74) is -2.43. The summed E-state index contributed by atoms with van der Waals surface area (Å²) in [6.07, 6.45) is -7.49. The van der Waals surface area contributed by atoms with Gasteiger partial charge in [0.15, 0.2) is 0 Å². The molecule has 2 saturated carbocycles. The van der Waals surface area contributed by atoms with Crippen LogP contribution in [0.5, 0.6) is 0 Å². The third-order valence-corrected chi connectivity index (χ3v) is 7.48. The smallest absolute Gasteiger partial charge is 0.299 e. The maximum absolute atomic E-state index is 14.0. The molecule has 0 radical (unpaired) electrons. The number of alkyl halides is 6. The van der Waals surface area contributed by atoms with Crippen LogP contribution in [0.3, 0.4) is 0 Å². The molecule has 4 rings (SSSR count). The molecule has 0 heterocycles. The molecule has 0 atom stereocenters. The number of nitrogens with zero attached hydrogens (tertiary/aromatic N) is 2. The Labute approximate surface area is 215 Å². The van der Waals surface area contributed by atoms with E-state index in [1.807, 2.05) is 30.3 Å². The van der Waals surface area contributed by atoms with E-state index in [-0.39, 0.29) is 48.8 Å². The topological polar surface area (TPSA) is 27.0 Å². The van der Waals surface area contributed by atoms with E-state index in [1.54, 1.807) is 6.07 Å². The van der Waals surface area contributed by atoms with Crippen molar-refractivity contribution in [1.82, 2.24) is 4.90 Å². The molecular formula is C29H34F6N2. The molecule has 37 heavy (non-hydrogen) atoms. The molecule has 0 saturated heterocycles. The van der Waals surface area contributed by atoms with Gasteiger partial charge in [-0.15, -0.1) is 0 Å². The summed E-state index contributed by atoms with van der Waals surface area (Å²) in [4.78, 5) is 2.23. The van der Waals surface area contributed by atoms with Crippen LogP contribution in [0, 0.1) is 11.3 Å². The van der Waals surface area contributed by atoms with Gasteiger partial charge in [-0.25, -0.2) is 0 Å². The predicted molar refractivity (Wildman–Crippen MR) is 132 cm³/mol. The van der Waals surface area contributed by atoms with E-state index in [9.17, 15) is 26.3 Å². The van der Waals surface area contributed by atoms with Gasteiger partial charge in [-0.05, 0) is 80.3 Å². The minimum absolute atomic E-state index is 0.0536. The van der Waals surface area contributed by atoms with Gasteiger partial charge in [-0.1, -0.05) is 55.5 Å². The highest BCUT2D eigenvalue weighted by atomic mass is 19.4. The fourth-order valence-electron chi connectivity index (χ4n) is 5.32. The van der Waals surface area contributed by atoms with Gasteiger partial charge in [-0.3, -0.25) is 4.90 Å². The lowest BCUT2D eigenvalue weighted by molar-refractivity contribution is -0.161. The van der Waals surface area contributed by atoms with E-state index in [4.69, 9.17) is 5.26 Å². The standard InChI is InChI=1S/C27H31F6N.C2H3N/c1-2-17-34(19-20-8-4-3-5-9-20)18-7-10-21-22(24(13-14-24)26(28,29)30)11-6-12-23(21)25(15-16-25)27(31,32)33;1-2-3/h3-6,8-9,11-12H,2,7,10,13-19H2,1H3;1H3. The van der Waals surface area contributed by atoms with Crippen LogP contribution in [0.4, 0.5) is 26.3 Å². The Hall–Kier alpha value is -2.53. The van der Waals surface area contributed by atoms with E-state index in [2.05, 4.69) is 11.8 Å². The van der Waals surface area contributed by atoms with Crippen molar-refractivity contribution in [3.05, 3.63) is 70.8 Å². The molecule has 2 aliphatic rings. The van der Waals surface area contributed by atoms with Gasteiger partial charge in [0.25, 0.3) is 0 Å². The number of nitriles is 1. The first-order valence-electron chi connectivity index (χ1n) is 12.8. The molecule has 0 spiro atoms. The van der Waals surface area contributed by atoms with Gasteiger partial charge in [0.2, 0.25) is 0 Å². The second-order valence-electron chi connectivity index (χ2n) is 10.1. The highest BCUT2D eigenvalue weighted by Gasteiger charge is 2.67. The summed E-state index contributed by atoms with van der Waals surface area (Å²) in [5.74, 6) is 0. The van der Waals surface area contributed by atoms with E-state index in [1.165, 1.54) is 25.1 Å². The van der Waals surface area contributed by atoms with Gasteiger partial charge >= 0.3 is 12.4 Å². The Balaban J connectivity index is 0.00000121. The van der Waals surface area contributed by atoms with Crippen LogP contribution in [0.1, 0.15) is 74.6 Å². The van der Waals surface area contributed by atoms with Gasteiger partial charge in [0, 0.05) is 13.5 Å². The predicted octanol–water partition coefficient (Wildman–Crippen LogP) is 8.25. The Morgan fingerprint density at radius 1 is 0.811 bits per heavy atom. The summed E-state index contributed by atoms with van der Waals surface area (Å²) in [7, 11) is 0. The molecule has 0 bridgehead atoms. The zero-order valence-electron chi connectivity index (χ0n) is 21.4. The number of hydrogen-bond acceptors (Lipinski definition) is 2. The van der Waals surface area contributed by atoms with Crippen LogP contribution < -0.4 is 0 Å². The van der Waals surface area contributed by atoms with Crippen molar-refractivity contribution in [2.75, 3.05) is 13.1 Å². The van der Waals surface area contributed by atoms with Crippen molar-refractivity contribution >= 4 is 0 Å². The lowest BCUT2D eigenvalue weighted by Gasteiger charge is -2.29. The van der Waals surface area contributed by atoms with Crippen molar-refractivity contribution in [1.29, 1.82) is 5.26 Å². The maximum atomic E-state index is 14.0. The molecule has 0 N–H and O–H groups in total. The second kappa shape index (κ2) is 11.5. The Morgan fingerprint density at radius 3 is 1.70 bits per heavy atom. The van der Waals surface area contributed by atoms with Crippen molar-refractivity contribution < 1.29 is 26.3 Å². The average molecular weight is 525 g/mol. The first-order valence-corrected chi connectivity index (χ1v) is 12.8. The normalized spacial score (nSPS) is 17.5. The largest absolute Gasteiger partial charge is 0.398 e. The molecule has 0 amide bonds. The highest BCUT2D eigenvalue weighted by Crippen LogP contribution is 2.63. The monoisotopic (exact) mass is 524 g/mol. The first kappa shape index (κ1) is 29.0. The molecule has 2 fully saturated rings. The molecular weight excluding hydrogens is 490 g/mol. The summed E-state index contributed by atoms with van der Waals surface area (Å²) >= 11 is 0. The SMILES string of the molecule is CC#N.CCCN(CCCc1c(C2(C(F)(F)F)CC2)cccc1C1(C(F)(F)F)CC1)Cc1ccccc1. The third-order valence-electron chi connectivity index (χ3n) is 7.48. The fourth-order valence-corrected chi connectivity index (χ4v) is 5.32. The van der Waals surface area contributed by atoms with Gasteiger partial charge < -0.3 is 0 Å². The Kier molecular flexibility index (Phi) is 9.00. The lowest BCUT2D eigenvalue weighted by atomic mass is 9.81. The summed E-state index contributed by atoms with van der Waals surface area (Å²) < 4.78 is 84.0. The van der Waals surface area contributed by atoms with Crippen molar-refractivity contribution in [2.45, 2.75) is 88.5 Å². The minimum Gasteiger partial charge on any atom is -0.299 e. The van der Waals surface area contributed by atoms with E-state index in [0.717, 1.165) is 18.5 Å². The third kappa shape index (κ3) is 6.31. The van der Waals surface area contributed by atoms with Gasteiger partial charge in [0.1, 0.15) is 0 Å². The molecule has 0 aromatic heterocycles. The molecule has 202 valence electrons. The summed E-state index contributed by atoms with van der Waals surface area (Å²) in [6.45, 7) is 5.64. The van der Waals surface area contributed by atoms with Crippen molar-refractivity contribution in [2.24, 2.45) is 0 Å². The number of halogens is 6. The van der Waals surface area contributed by atoms with Crippen LogP contribution in [0.25, 0.3) is 0 Å². The van der Waals surface area contributed by atoms with E-state index >= 15 is 0 Å². The minimum atomic E-state index is -4.46. The second-order valence-corrected chi connectivity index (χ2v) is 10.1. The fraction of sp³-hybridized carbons (Fsp3) is 0.552. The van der Waals surface area contributed by atoms with Crippen LogP contribution >= 0.6 is 0 Å². The summed E-state index contributed by atoms with van der Waals surface area (Å²) in [6, 6.07) is 15.9. The molecule has 2 nitrogen and oxygen atoms in total. The average Bonchev–Trinajstić information content (AvgIpc) is 3.73. The Bertz CT molecular complexity index is 1010. The van der Waals surface area contributed by atoms with Crippen LogP contribution in [-0.4, -0.2) is 30.3 Å². The first-order chi connectivity index (χ1) is 17.5. The Morgan fingerprint density at radius 2 is 1.30 bits per heavy atom. The van der Waals surface area contributed by atoms with Crippen LogP contribution in [-0.2, 0) is 23.8 Å². The zero-order valence-corrected chi connectivity index (χ0v) is 21.4. The van der Waals surface area contributed by atoms with Crippen LogP contribution in [0.15, 0.2) is 48.5 Å². The zero-order chi connectivity index (χ0) is 27.3. The van der Waals surface area contributed by atoms with E-state index in [0.29, 0.717) is 19.5 Å². The molecule has 8 heteroatoms. The van der Waals surface area contributed by atoms with Gasteiger partial charge in [-0.2, -0.15) is 31.6 Å². The molecule has 2 aromatic carbocycles. The van der Waals surface area contributed by atoms with Crippen molar-refractivity contribution in [3.63, 3.8) is 0 Å². The summed E-state index contributed by atoms with van der Waals surface area (Å²) in [5, 5.41) is 7.32. The molecule has 2 aliphatic carbocycles. The number of benzene rings is 2. The molecule has 0 aliphatic heterocycles. The lowest BCUT2D eigenvalue weighted by Crippen LogP contribution is -2.34. The number of hydrogen-bond donors (Lipinski definition) is 0. The van der Waals surface area contributed by atoms with Gasteiger partial charge in [0.05, 0.1) is 16.9 Å². The molecule has 2 aromatic rings. The molecule has 0 unspecified atom stereocenters. The van der Waals surface area contributed by atoms with Crippen molar-refractivity contribution in [3.8, 4) is 6.07 Å². The highest BCUT2D eigenvalue weighted by molar-refractivity contribution is 5.50. The number of rotatable bonds is 10. The maximum Gasteiger partial charge on any atom is 0.398 e.